The minimum Gasteiger partial charge on any atom is -0.337 e. The molecule has 0 unspecified atom stereocenters. The van der Waals surface area contributed by atoms with E-state index in [1.165, 1.54) is 5.56 Å². The lowest BCUT2D eigenvalue weighted by Gasteiger charge is -2.22. The van der Waals surface area contributed by atoms with Crippen LogP contribution in [0.15, 0.2) is 73.7 Å². The summed E-state index contributed by atoms with van der Waals surface area (Å²) in [6.45, 7) is 3.51. The molecule has 0 bridgehead atoms. The maximum atomic E-state index is 4.78. The Bertz CT molecular complexity index is 968. The molecule has 3 aromatic heterocycles. The fraction of sp³-hybridized carbons (Fsp3) is 0.238. The Morgan fingerprint density at radius 3 is 2.63 bits per heavy atom. The molecule has 6 heteroatoms. The predicted octanol–water partition coefficient (Wildman–Crippen LogP) is 3.31. The summed E-state index contributed by atoms with van der Waals surface area (Å²) in [6, 6.07) is 12.1. The first kappa shape index (κ1) is 17.3. The highest BCUT2D eigenvalue weighted by atomic mass is 15.1. The second-order valence-corrected chi connectivity index (χ2v) is 6.58. The molecule has 0 aliphatic carbocycles. The Balaban J connectivity index is 1.46. The summed E-state index contributed by atoms with van der Waals surface area (Å²) < 4.78 is 2.11. The van der Waals surface area contributed by atoms with Crippen molar-refractivity contribution < 1.29 is 0 Å². The van der Waals surface area contributed by atoms with Crippen molar-refractivity contribution in [3.05, 3.63) is 85.0 Å². The standard InChI is InChI=1S/C21H22N6/c1-2-7-21-20(6-1)24-14-19(25-21)16-27(15-18-5-3-8-22-13-18)11-4-10-26-12-9-23-17-26/h1-3,5-9,12-14,17H,4,10-11,15-16H2. The van der Waals surface area contributed by atoms with Gasteiger partial charge >= 0.3 is 0 Å². The molecule has 0 radical (unpaired) electrons. The summed E-state index contributed by atoms with van der Waals surface area (Å²) in [5.41, 5.74) is 4.06. The SMILES string of the molecule is c1cncc(CN(CCCn2ccnc2)Cc2cnc3ccccc3n2)c1. The Labute approximate surface area is 158 Å². The smallest absolute Gasteiger partial charge is 0.0945 e. The third kappa shape index (κ3) is 4.74. The molecule has 1 aromatic carbocycles. The average Bonchev–Trinajstić information content (AvgIpc) is 3.22. The predicted molar refractivity (Wildman–Crippen MR) is 105 cm³/mol. The number of hydrogen-bond acceptors (Lipinski definition) is 5. The molecule has 0 fully saturated rings. The van der Waals surface area contributed by atoms with Gasteiger partial charge in [0.15, 0.2) is 0 Å². The first-order chi connectivity index (χ1) is 13.4. The summed E-state index contributed by atoms with van der Waals surface area (Å²) >= 11 is 0. The van der Waals surface area contributed by atoms with Gasteiger partial charge in [-0.3, -0.25) is 14.9 Å². The molecule has 136 valence electrons. The third-order valence-corrected chi connectivity index (χ3v) is 4.46. The van der Waals surface area contributed by atoms with Crippen LogP contribution in [0.4, 0.5) is 0 Å². The van der Waals surface area contributed by atoms with Crippen molar-refractivity contribution in [3.63, 3.8) is 0 Å². The van der Waals surface area contributed by atoms with Gasteiger partial charge in [-0.1, -0.05) is 18.2 Å². The highest BCUT2D eigenvalue weighted by Crippen LogP contribution is 2.12. The maximum absolute atomic E-state index is 4.78. The molecule has 0 saturated heterocycles. The van der Waals surface area contributed by atoms with E-state index in [-0.39, 0.29) is 0 Å². The number of rotatable bonds is 8. The zero-order chi connectivity index (χ0) is 18.3. The lowest BCUT2D eigenvalue weighted by Crippen LogP contribution is -2.25. The molecule has 0 atom stereocenters. The normalized spacial score (nSPS) is 11.3. The monoisotopic (exact) mass is 358 g/mol. The molecule has 0 amide bonds. The van der Waals surface area contributed by atoms with Crippen LogP contribution < -0.4 is 0 Å². The number of hydrogen-bond donors (Lipinski definition) is 0. The molecule has 0 aliphatic heterocycles. The summed E-state index contributed by atoms with van der Waals surface area (Å²) in [4.78, 5) is 20.1. The molecule has 27 heavy (non-hydrogen) atoms. The average molecular weight is 358 g/mol. The summed E-state index contributed by atoms with van der Waals surface area (Å²) in [5, 5.41) is 0. The van der Waals surface area contributed by atoms with Gasteiger partial charge in [0.2, 0.25) is 0 Å². The van der Waals surface area contributed by atoms with E-state index in [9.17, 15) is 0 Å². The van der Waals surface area contributed by atoms with Crippen LogP contribution in [-0.4, -0.2) is 35.9 Å². The van der Waals surface area contributed by atoms with Crippen LogP contribution in [0.1, 0.15) is 17.7 Å². The van der Waals surface area contributed by atoms with Crippen LogP contribution in [0.5, 0.6) is 0 Å². The summed E-state index contributed by atoms with van der Waals surface area (Å²) in [7, 11) is 0. The summed E-state index contributed by atoms with van der Waals surface area (Å²) in [5.74, 6) is 0. The van der Waals surface area contributed by atoms with Crippen LogP contribution in [0.2, 0.25) is 0 Å². The van der Waals surface area contributed by atoms with Gasteiger partial charge in [0.1, 0.15) is 0 Å². The Hall–Kier alpha value is -3.12. The zero-order valence-corrected chi connectivity index (χ0v) is 15.1. The lowest BCUT2D eigenvalue weighted by atomic mass is 10.2. The minimum atomic E-state index is 0.761. The van der Waals surface area contributed by atoms with E-state index in [0.717, 1.165) is 49.3 Å². The van der Waals surface area contributed by atoms with Crippen molar-refractivity contribution in [1.29, 1.82) is 0 Å². The van der Waals surface area contributed by atoms with Gasteiger partial charge in [0.25, 0.3) is 0 Å². The fourth-order valence-electron chi connectivity index (χ4n) is 3.16. The minimum absolute atomic E-state index is 0.761. The maximum Gasteiger partial charge on any atom is 0.0945 e. The third-order valence-electron chi connectivity index (χ3n) is 4.46. The van der Waals surface area contributed by atoms with E-state index >= 15 is 0 Å². The van der Waals surface area contributed by atoms with Crippen LogP contribution in [0.3, 0.4) is 0 Å². The van der Waals surface area contributed by atoms with Gasteiger partial charge in [-0.15, -0.1) is 0 Å². The number of para-hydroxylation sites is 2. The molecular weight excluding hydrogens is 336 g/mol. The van der Waals surface area contributed by atoms with Gasteiger partial charge in [-0.25, -0.2) is 9.97 Å². The quantitative estimate of drug-likeness (QED) is 0.484. The van der Waals surface area contributed by atoms with Gasteiger partial charge < -0.3 is 4.57 Å². The fourth-order valence-corrected chi connectivity index (χ4v) is 3.16. The van der Waals surface area contributed by atoms with E-state index in [4.69, 9.17) is 4.98 Å². The van der Waals surface area contributed by atoms with Crippen LogP contribution in [-0.2, 0) is 19.6 Å². The second kappa shape index (κ2) is 8.51. The Kier molecular flexibility index (Phi) is 5.45. The highest BCUT2D eigenvalue weighted by Gasteiger charge is 2.10. The van der Waals surface area contributed by atoms with E-state index in [2.05, 4.69) is 30.5 Å². The van der Waals surface area contributed by atoms with Crippen LogP contribution in [0.25, 0.3) is 11.0 Å². The second-order valence-electron chi connectivity index (χ2n) is 6.58. The van der Waals surface area contributed by atoms with Gasteiger partial charge in [0.05, 0.1) is 29.3 Å². The molecule has 6 nitrogen and oxygen atoms in total. The molecule has 0 spiro atoms. The number of aryl methyl sites for hydroxylation is 1. The zero-order valence-electron chi connectivity index (χ0n) is 15.1. The molecule has 4 rings (SSSR count). The number of benzene rings is 1. The van der Waals surface area contributed by atoms with Crippen molar-refractivity contribution in [2.24, 2.45) is 0 Å². The van der Waals surface area contributed by atoms with E-state index in [1.807, 2.05) is 67.6 Å². The van der Waals surface area contributed by atoms with Crippen molar-refractivity contribution >= 4 is 11.0 Å². The summed E-state index contributed by atoms with van der Waals surface area (Å²) in [6.07, 6.45) is 12.3. The first-order valence-corrected chi connectivity index (χ1v) is 9.14. The molecular formula is C21H22N6. The van der Waals surface area contributed by atoms with E-state index < -0.39 is 0 Å². The number of fused-ring (bicyclic) bond motifs is 1. The molecule has 0 saturated carbocycles. The largest absolute Gasteiger partial charge is 0.337 e. The van der Waals surface area contributed by atoms with Crippen molar-refractivity contribution in [2.75, 3.05) is 6.54 Å². The van der Waals surface area contributed by atoms with E-state index in [0.29, 0.717) is 0 Å². The van der Waals surface area contributed by atoms with Crippen LogP contribution >= 0.6 is 0 Å². The first-order valence-electron chi connectivity index (χ1n) is 9.14. The highest BCUT2D eigenvalue weighted by molar-refractivity contribution is 5.73. The van der Waals surface area contributed by atoms with Crippen LogP contribution in [0, 0.1) is 0 Å². The topological polar surface area (TPSA) is 59.7 Å². The van der Waals surface area contributed by atoms with Crippen molar-refractivity contribution in [3.8, 4) is 0 Å². The van der Waals surface area contributed by atoms with Gasteiger partial charge in [-0.2, -0.15) is 0 Å². The number of aromatic nitrogens is 5. The lowest BCUT2D eigenvalue weighted by molar-refractivity contribution is 0.245. The van der Waals surface area contributed by atoms with E-state index in [1.54, 1.807) is 0 Å². The Morgan fingerprint density at radius 1 is 0.889 bits per heavy atom. The van der Waals surface area contributed by atoms with Crippen molar-refractivity contribution in [2.45, 2.75) is 26.1 Å². The van der Waals surface area contributed by atoms with Gasteiger partial charge in [-0.05, 0) is 30.2 Å². The number of imidazole rings is 1. The molecule has 0 N–H and O–H groups in total. The molecule has 3 heterocycles. The number of pyridine rings is 1. The molecule has 0 aliphatic rings. The Morgan fingerprint density at radius 2 is 1.81 bits per heavy atom. The van der Waals surface area contributed by atoms with Crippen molar-refractivity contribution in [1.82, 2.24) is 29.4 Å². The van der Waals surface area contributed by atoms with Gasteiger partial charge in [0, 0.05) is 51.0 Å². The number of nitrogens with zero attached hydrogens (tertiary/aromatic N) is 6. The molecule has 4 aromatic rings.